The highest BCUT2D eigenvalue weighted by atomic mass is 79.9. The first kappa shape index (κ1) is 12.1. The van der Waals surface area contributed by atoms with E-state index in [2.05, 4.69) is 30.9 Å². The highest BCUT2D eigenvalue weighted by Crippen LogP contribution is 2.08. The highest BCUT2D eigenvalue weighted by Gasteiger charge is 2.11. The second kappa shape index (κ2) is 4.87. The summed E-state index contributed by atoms with van der Waals surface area (Å²) in [6.45, 7) is 2.61. The molecule has 2 N–H and O–H groups in total. The number of nitrogens with one attached hydrogen (secondary N) is 2. The molecule has 2 aromatic heterocycles. The van der Waals surface area contributed by atoms with Gasteiger partial charge in [0.15, 0.2) is 5.65 Å². The van der Waals surface area contributed by atoms with Gasteiger partial charge in [-0.2, -0.15) is 0 Å². The number of alkyl halides is 1. The number of hydrogen-bond donors (Lipinski definition) is 2. The number of aromatic amines is 2. The van der Waals surface area contributed by atoms with Crippen LogP contribution in [0.25, 0.3) is 11.2 Å². The van der Waals surface area contributed by atoms with E-state index in [1.165, 1.54) is 4.57 Å². The zero-order valence-corrected chi connectivity index (χ0v) is 11.0. The Morgan fingerprint density at radius 1 is 1.35 bits per heavy atom. The van der Waals surface area contributed by atoms with Crippen molar-refractivity contribution in [2.24, 2.45) is 0 Å². The van der Waals surface area contributed by atoms with Gasteiger partial charge in [-0.15, -0.1) is 0 Å². The van der Waals surface area contributed by atoms with Gasteiger partial charge in [-0.05, 0) is 6.42 Å². The van der Waals surface area contributed by atoms with E-state index >= 15 is 0 Å². The van der Waals surface area contributed by atoms with Gasteiger partial charge < -0.3 is 4.98 Å². The van der Waals surface area contributed by atoms with Gasteiger partial charge in [-0.1, -0.05) is 29.3 Å². The summed E-state index contributed by atoms with van der Waals surface area (Å²) in [6.07, 6.45) is 1.85. The fourth-order valence-electron chi connectivity index (χ4n) is 1.68. The molecule has 0 aliphatic carbocycles. The predicted octanol–water partition coefficient (Wildman–Crippen LogP) is 1.11. The Morgan fingerprint density at radius 3 is 2.76 bits per heavy atom. The molecular formula is C10H13BrN4O2. The van der Waals surface area contributed by atoms with Crippen molar-refractivity contribution in [2.75, 3.05) is 0 Å². The number of aromatic nitrogens is 4. The maximum atomic E-state index is 11.7. The lowest BCUT2D eigenvalue weighted by Crippen LogP contribution is -2.30. The van der Waals surface area contributed by atoms with Gasteiger partial charge in [-0.3, -0.25) is 14.3 Å². The molecule has 0 unspecified atom stereocenters. The molecule has 2 rings (SSSR count). The number of fused-ring (bicyclic) bond motifs is 1. The maximum absolute atomic E-state index is 11.7. The third-order valence-corrected chi connectivity index (χ3v) is 3.08. The number of H-pyrrole nitrogens is 2. The van der Waals surface area contributed by atoms with E-state index < -0.39 is 11.2 Å². The van der Waals surface area contributed by atoms with E-state index in [1.807, 2.05) is 6.92 Å². The summed E-state index contributed by atoms with van der Waals surface area (Å²) in [4.78, 5) is 32.7. The number of nitrogens with zero attached hydrogens (tertiary/aromatic N) is 2. The van der Waals surface area contributed by atoms with Gasteiger partial charge in [0.2, 0.25) is 0 Å². The molecule has 0 aromatic carbocycles. The van der Waals surface area contributed by atoms with Crippen molar-refractivity contribution >= 4 is 27.1 Å². The summed E-state index contributed by atoms with van der Waals surface area (Å²) < 4.78 is 1.50. The predicted molar refractivity (Wildman–Crippen MR) is 68.5 cm³/mol. The van der Waals surface area contributed by atoms with Crippen molar-refractivity contribution in [3.63, 3.8) is 0 Å². The second-order valence-corrected chi connectivity index (χ2v) is 4.34. The molecule has 0 spiro atoms. The smallest absolute Gasteiger partial charge is 0.330 e. The Morgan fingerprint density at radius 2 is 2.12 bits per heavy atom. The zero-order valence-electron chi connectivity index (χ0n) is 9.42. The SMILES string of the molecule is CCCCn1c(=O)[nH]c(=O)c2[nH]c(CBr)nc21. The third-order valence-electron chi connectivity index (χ3n) is 2.54. The van der Waals surface area contributed by atoms with Crippen LogP contribution in [0.2, 0.25) is 0 Å². The van der Waals surface area contributed by atoms with E-state index in [-0.39, 0.29) is 0 Å². The molecule has 0 aliphatic heterocycles. The van der Waals surface area contributed by atoms with Gasteiger partial charge in [-0.25, -0.2) is 9.78 Å². The van der Waals surface area contributed by atoms with Crippen molar-refractivity contribution in [2.45, 2.75) is 31.6 Å². The first-order valence-electron chi connectivity index (χ1n) is 5.45. The summed E-state index contributed by atoms with van der Waals surface area (Å²) in [7, 11) is 0. The van der Waals surface area contributed by atoms with Crippen molar-refractivity contribution in [3.05, 3.63) is 26.7 Å². The molecule has 92 valence electrons. The molecule has 0 radical (unpaired) electrons. The average Bonchev–Trinajstić information content (AvgIpc) is 2.73. The van der Waals surface area contributed by atoms with Crippen LogP contribution in [0.3, 0.4) is 0 Å². The van der Waals surface area contributed by atoms with Crippen LogP contribution in [0, 0.1) is 0 Å². The standard InChI is InChI=1S/C10H13BrN4O2/c1-2-3-4-15-8-7(9(16)14-10(15)17)12-6(5-11)13-8/h2-5H2,1H3,(H,12,13)(H,14,16,17). The maximum Gasteiger partial charge on any atom is 0.330 e. The summed E-state index contributed by atoms with van der Waals surface area (Å²) in [5, 5.41) is 0.517. The average molecular weight is 301 g/mol. The normalized spacial score (nSPS) is 11.2. The van der Waals surface area contributed by atoms with Gasteiger partial charge in [0, 0.05) is 6.54 Å². The summed E-state index contributed by atoms with van der Waals surface area (Å²) in [6, 6.07) is 0. The fraction of sp³-hybridized carbons (Fsp3) is 0.500. The Labute approximate surface area is 105 Å². The number of rotatable bonds is 4. The van der Waals surface area contributed by atoms with Crippen LogP contribution < -0.4 is 11.2 Å². The monoisotopic (exact) mass is 300 g/mol. The third kappa shape index (κ3) is 2.19. The van der Waals surface area contributed by atoms with E-state index in [4.69, 9.17) is 0 Å². The van der Waals surface area contributed by atoms with Gasteiger partial charge in [0.1, 0.15) is 11.3 Å². The number of imidazole rings is 1. The Hall–Kier alpha value is -1.37. The molecule has 17 heavy (non-hydrogen) atoms. The Bertz CT molecular complexity index is 640. The molecule has 2 aromatic rings. The van der Waals surface area contributed by atoms with Crippen LogP contribution in [-0.4, -0.2) is 19.5 Å². The van der Waals surface area contributed by atoms with Crippen molar-refractivity contribution in [1.29, 1.82) is 0 Å². The highest BCUT2D eigenvalue weighted by molar-refractivity contribution is 9.08. The van der Waals surface area contributed by atoms with Crippen LogP contribution >= 0.6 is 15.9 Å². The summed E-state index contributed by atoms with van der Waals surface area (Å²) in [5.41, 5.74) is -0.0298. The molecule has 2 heterocycles. The lowest BCUT2D eigenvalue weighted by atomic mass is 10.3. The lowest BCUT2D eigenvalue weighted by molar-refractivity contribution is 0.613. The minimum atomic E-state index is -0.419. The molecule has 0 saturated carbocycles. The molecule has 0 bridgehead atoms. The molecule has 6 nitrogen and oxygen atoms in total. The molecule has 0 fully saturated rings. The Kier molecular flexibility index (Phi) is 3.46. The topological polar surface area (TPSA) is 83.5 Å². The Balaban J connectivity index is 2.68. The van der Waals surface area contributed by atoms with Crippen molar-refractivity contribution < 1.29 is 0 Å². The molecular weight excluding hydrogens is 288 g/mol. The molecule has 0 saturated heterocycles. The number of halogens is 1. The minimum absolute atomic E-state index is 0.357. The van der Waals surface area contributed by atoms with E-state index in [1.54, 1.807) is 0 Å². The van der Waals surface area contributed by atoms with Gasteiger partial charge in [0.25, 0.3) is 5.56 Å². The van der Waals surface area contributed by atoms with Crippen molar-refractivity contribution in [3.8, 4) is 0 Å². The summed E-state index contributed by atoms with van der Waals surface area (Å²) in [5.74, 6) is 0.640. The van der Waals surface area contributed by atoms with Crippen LogP contribution in [0.4, 0.5) is 0 Å². The van der Waals surface area contributed by atoms with Crippen LogP contribution in [-0.2, 0) is 11.9 Å². The van der Waals surface area contributed by atoms with E-state index in [0.29, 0.717) is 28.9 Å². The molecule has 7 heteroatoms. The molecule has 0 amide bonds. The van der Waals surface area contributed by atoms with Crippen LogP contribution in [0.15, 0.2) is 9.59 Å². The van der Waals surface area contributed by atoms with Crippen LogP contribution in [0.1, 0.15) is 25.6 Å². The van der Waals surface area contributed by atoms with E-state index in [9.17, 15) is 9.59 Å². The molecule has 0 aliphatic rings. The zero-order chi connectivity index (χ0) is 12.4. The fourth-order valence-corrected chi connectivity index (χ4v) is 1.94. The second-order valence-electron chi connectivity index (χ2n) is 3.78. The largest absolute Gasteiger partial charge is 0.335 e. The number of unbranched alkanes of at least 4 members (excludes halogenated alkanes) is 1. The first-order valence-corrected chi connectivity index (χ1v) is 6.57. The van der Waals surface area contributed by atoms with Crippen LogP contribution in [0.5, 0.6) is 0 Å². The lowest BCUT2D eigenvalue weighted by Gasteiger charge is -2.03. The first-order chi connectivity index (χ1) is 8.17. The summed E-state index contributed by atoms with van der Waals surface area (Å²) >= 11 is 3.26. The van der Waals surface area contributed by atoms with E-state index in [0.717, 1.165) is 12.8 Å². The van der Waals surface area contributed by atoms with Crippen molar-refractivity contribution in [1.82, 2.24) is 19.5 Å². The quantitative estimate of drug-likeness (QED) is 0.830. The minimum Gasteiger partial charge on any atom is -0.335 e. The van der Waals surface area contributed by atoms with Gasteiger partial charge >= 0.3 is 5.69 Å². The van der Waals surface area contributed by atoms with Gasteiger partial charge in [0.05, 0.1) is 5.33 Å². The number of hydrogen-bond acceptors (Lipinski definition) is 3. The molecule has 0 atom stereocenters. The number of aryl methyl sites for hydroxylation is 1.